The zero-order valence-corrected chi connectivity index (χ0v) is 8.77. The van der Waals surface area contributed by atoms with Gasteiger partial charge in [0.25, 0.3) is 0 Å². The molecule has 0 radical (unpaired) electrons. The van der Waals surface area contributed by atoms with Crippen LogP contribution in [-0.4, -0.2) is 37.3 Å². The monoisotopic (exact) mass is 212 g/mol. The predicted molar refractivity (Wildman–Crippen MR) is 51.0 cm³/mol. The van der Waals surface area contributed by atoms with Gasteiger partial charge in [-0.1, -0.05) is 13.8 Å². The number of nitrogens with two attached hydrogens (primary N) is 1. The topological polar surface area (TPSA) is 29.3 Å². The second-order valence-corrected chi connectivity index (χ2v) is 3.63. The molecule has 14 heavy (non-hydrogen) atoms. The molecule has 0 aliphatic rings. The normalized spacial score (nSPS) is 14.8. The van der Waals surface area contributed by atoms with Gasteiger partial charge < -0.3 is 5.73 Å². The zero-order valence-electron chi connectivity index (χ0n) is 8.77. The highest BCUT2D eigenvalue weighted by Gasteiger charge is 2.30. The van der Waals surface area contributed by atoms with Crippen molar-refractivity contribution in [1.82, 2.24) is 4.90 Å². The predicted octanol–water partition coefficient (Wildman–Crippen LogP) is 1.86. The summed E-state index contributed by atoms with van der Waals surface area (Å²) in [5.41, 5.74) is 5.33. The van der Waals surface area contributed by atoms with Crippen LogP contribution in [0.1, 0.15) is 20.3 Å². The minimum Gasteiger partial charge on any atom is -0.330 e. The molecule has 5 heteroatoms. The molecule has 0 aliphatic heterocycles. The molecule has 0 amide bonds. The lowest BCUT2D eigenvalue weighted by Gasteiger charge is -2.24. The number of hydrogen-bond acceptors (Lipinski definition) is 2. The Labute approximate surface area is 83.3 Å². The van der Waals surface area contributed by atoms with Crippen LogP contribution in [0.2, 0.25) is 0 Å². The molecule has 0 spiro atoms. The molecular weight excluding hydrogens is 193 g/mol. The Morgan fingerprint density at radius 2 is 1.93 bits per heavy atom. The Bertz CT molecular complexity index is 147. The standard InChI is InChI=1S/C9H19F3N2/c1-3-14(7-9(10,11)12)6-8(2)4-5-13/h8H,3-7,13H2,1-2H3. The van der Waals surface area contributed by atoms with Crippen LogP contribution in [0.5, 0.6) is 0 Å². The van der Waals surface area contributed by atoms with E-state index < -0.39 is 12.7 Å². The summed E-state index contributed by atoms with van der Waals surface area (Å²) in [6.07, 6.45) is -3.33. The lowest BCUT2D eigenvalue weighted by molar-refractivity contribution is -0.146. The lowest BCUT2D eigenvalue weighted by Crippen LogP contribution is -2.37. The fourth-order valence-electron chi connectivity index (χ4n) is 1.38. The minimum absolute atomic E-state index is 0.224. The zero-order chi connectivity index (χ0) is 11.2. The van der Waals surface area contributed by atoms with Crippen molar-refractivity contribution < 1.29 is 13.2 Å². The highest BCUT2D eigenvalue weighted by molar-refractivity contribution is 4.65. The summed E-state index contributed by atoms with van der Waals surface area (Å²) >= 11 is 0. The Hall–Kier alpha value is -0.290. The fraction of sp³-hybridized carbons (Fsp3) is 1.00. The van der Waals surface area contributed by atoms with Gasteiger partial charge >= 0.3 is 6.18 Å². The molecule has 0 saturated heterocycles. The van der Waals surface area contributed by atoms with Crippen LogP contribution in [0.25, 0.3) is 0 Å². The van der Waals surface area contributed by atoms with Gasteiger partial charge in [0.1, 0.15) is 0 Å². The van der Waals surface area contributed by atoms with Gasteiger partial charge in [0.05, 0.1) is 6.54 Å². The molecule has 0 aromatic rings. The van der Waals surface area contributed by atoms with Crippen molar-refractivity contribution in [2.75, 3.05) is 26.2 Å². The van der Waals surface area contributed by atoms with Crippen molar-refractivity contribution in [3.63, 3.8) is 0 Å². The van der Waals surface area contributed by atoms with E-state index >= 15 is 0 Å². The van der Waals surface area contributed by atoms with Gasteiger partial charge in [0, 0.05) is 6.54 Å². The smallest absolute Gasteiger partial charge is 0.330 e. The van der Waals surface area contributed by atoms with Gasteiger partial charge in [0.2, 0.25) is 0 Å². The molecule has 0 aromatic heterocycles. The molecule has 1 atom stereocenters. The molecule has 0 heterocycles. The summed E-state index contributed by atoms with van der Waals surface area (Å²) in [5, 5.41) is 0. The molecule has 0 aliphatic carbocycles. The molecule has 86 valence electrons. The van der Waals surface area contributed by atoms with E-state index in [0.29, 0.717) is 19.6 Å². The average molecular weight is 212 g/mol. The van der Waals surface area contributed by atoms with Gasteiger partial charge in [0.15, 0.2) is 0 Å². The molecular formula is C9H19F3N2. The van der Waals surface area contributed by atoms with Crippen molar-refractivity contribution in [1.29, 1.82) is 0 Å². The number of alkyl halides is 3. The molecule has 0 aromatic carbocycles. The highest BCUT2D eigenvalue weighted by atomic mass is 19.4. The Morgan fingerprint density at radius 3 is 2.29 bits per heavy atom. The first-order chi connectivity index (χ1) is 6.39. The maximum Gasteiger partial charge on any atom is 0.401 e. The third-order valence-corrected chi connectivity index (χ3v) is 2.08. The van der Waals surface area contributed by atoms with Crippen molar-refractivity contribution in [2.45, 2.75) is 26.4 Å². The van der Waals surface area contributed by atoms with Crippen LogP contribution in [0.15, 0.2) is 0 Å². The van der Waals surface area contributed by atoms with E-state index in [0.717, 1.165) is 6.42 Å². The molecule has 2 nitrogen and oxygen atoms in total. The van der Waals surface area contributed by atoms with Crippen molar-refractivity contribution in [2.24, 2.45) is 11.7 Å². The SMILES string of the molecule is CCN(CC(C)CCN)CC(F)(F)F. The van der Waals surface area contributed by atoms with Crippen molar-refractivity contribution >= 4 is 0 Å². The maximum absolute atomic E-state index is 12.1. The van der Waals surface area contributed by atoms with Crippen molar-refractivity contribution in [3.05, 3.63) is 0 Å². The first-order valence-corrected chi connectivity index (χ1v) is 4.88. The first kappa shape index (κ1) is 13.7. The van der Waals surface area contributed by atoms with Gasteiger partial charge in [-0.2, -0.15) is 13.2 Å². The minimum atomic E-state index is -4.10. The number of hydrogen-bond donors (Lipinski definition) is 1. The van der Waals surface area contributed by atoms with Crippen LogP contribution in [0, 0.1) is 5.92 Å². The van der Waals surface area contributed by atoms with E-state index in [1.165, 1.54) is 4.90 Å². The van der Waals surface area contributed by atoms with Gasteiger partial charge in [-0.15, -0.1) is 0 Å². The number of halogens is 3. The summed E-state index contributed by atoms with van der Waals surface area (Å²) in [4.78, 5) is 1.40. The molecule has 0 saturated carbocycles. The highest BCUT2D eigenvalue weighted by Crippen LogP contribution is 2.17. The Morgan fingerprint density at radius 1 is 1.36 bits per heavy atom. The molecule has 0 bridgehead atoms. The first-order valence-electron chi connectivity index (χ1n) is 4.88. The number of nitrogens with zero attached hydrogens (tertiary/aromatic N) is 1. The van der Waals surface area contributed by atoms with Crippen LogP contribution in [0.3, 0.4) is 0 Å². The second-order valence-electron chi connectivity index (χ2n) is 3.63. The van der Waals surface area contributed by atoms with Crippen molar-refractivity contribution in [3.8, 4) is 0 Å². The average Bonchev–Trinajstić information content (AvgIpc) is 2.01. The quantitative estimate of drug-likeness (QED) is 0.728. The maximum atomic E-state index is 12.1. The van der Waals surface area contributed by atoms with E-state index in [-0.39, 0.29) is 5.92 Å². The van der Waals surface area contributed by atoms with Gasteiger partial charge in [-0.3, -0.25) is 4.90 Å². The summed E-state index contributed by atoms with van der Waals surface area (Å²) < 4.78 is 36.2. The second kappa shape index (κ2) is 6.24. The number of rotatable bonds is 6. The van der Waals surface area contributed by atoms with E-state index in [1.54, 1.807) is 6.92 Å². The van der Waals surface area contributed by atoms with E-state index in [1.807, 2.05) is 6.92 Å². The van der Waals surface area contributed by atoms with E-state index in [9.17, 15) is 13.2 Å². The van der Waals surface area contributed by atoms with Crippen LogP contribution in [-0.2, 0) is 0 Å². The molecule has 2 N–H and O–H groups in total. The lowest BCUT2D eigenvalue weighted by atomic mass is 10.1. The van der Waals surface area contributed by atoms with Crippen LogP contribution in [0.4, 0.5) is 13.2 Å². The Balaban J connectivity index is 3.90. The fourth-order valence-corrected chi connectivity index (χ4v) is 1.38. The third-order valence-electron chi connectivity index (χ3n) is 2.08. The molecule has 0 fully saturated rings. The summed E-state index contributed by atoms with van der Waals surface area (Å²) in [6, 6.07) is 0. The van der Waals surface area contributed by atoms with E-state index in [2.05, 4.69) is 0 Å². The largest absolute Gasteiger partial charge is 0.401 e. The van der Waals surface area contributed by atoms with E-state index in [4.69, 9.17) is 5.73 Å². The third kappa shape index (κ3) is 7.15. The van der Waals surface area contributed by atoms with Crippen LogP contribution >= 0.6 is 0 Å². The summed E-state index contributed by atoms with van der Waals surface area (Å²) in [6.45, 7) is 4.26. The summed E-state index contributed by atoms with van der Waals surface area (Å²) in [5.74, 6) is 0.224. The summed E-state index contributed by atoms with van der Waals surface area (Å²) in [7, 11) is 0. The molecule has 1 unspecified atom stereocenters. The van der Waals surface area contributed by atoms with Gasteiger partial charge in [-0.25, -0.2) is 0 Å². The van der Waals surface area contributed by atoms with Crippen LogP contribution < -0.4 is 5.73 Å². The van der Waals surface area contributed by atoms with Gasteiger partial charge in [-0.05, 0) is 25.4 Å². The Kier molecular flexibility index (Phi) is 6.11. The molecule has 0 rings (SSSR count).